The molecule has 4 heteroatoms. The van der Waals surface area contributed by atoms with Gasteiger partial charge in [-0.3, -0.25) is 4.79 Å². The molecule has 1 amide bonds. The van der Waals surface area contributed by atoms with Crippen molar-refractivity contribution in [2.24, 2.45) is 0 Å². The molecule has 0 aliphatic rings. The zero-order valence-electron chi connectivity index (χ0n) is 12.3. The molecule has 2 rings (SSSR count). The van der Waals surface area contributed by atoms with Crippen molar-refractivity contribution in [2.45, 2.75) is 19.4 Å². The van der Waals surface area contributed by atoms with Crippen LogP contribution in [0.15, 0.2) is 48.5 Å². The van der Waals surface area contributed by atoms with Gasteiger partial charge in [-0.05, 0) is 37.1 Å². The van der Waals surface area contributed by atoms with Gasteiger partial charge in [0.15, 0.2) is 0 Å². The van der Waals surface area contributed by atoms with E-state index in [0.717, 1.165) is 11.1 Å². The lowest BCUT2D eigenvalue weighted by atomic mass is 9.92. The van der Waals surface area contributed by atoms with Crippen LogP contribution in [-0.2, 0) is 5.54 Å². The zero-order valence-corrected chi connectivity index (χ0v) is 12.3. The number of anilines is 1. The Balaban J connectivity index is 2.30. The lowest BCUT2D eigenvalue weighted by Crippen LogP contribution is -2.46. The maximum absolute atomic E-state index is 12.5. The van der Waals surface area contributed by atoms with Gasteiger partial charge in [0.1, 0.15) is 0 Å². The highest BCUT2D eigenvalue weighted by molar-refractivity contribution is 5.97. The van der Waals surface area contributed by atoms with E-state index in [2.05, 4.69) is 5.32 Å². The van der Waals surface area contributed by atoms with Gasteiger partial charge in [-0.1, -0.05) is 36.4 Å². The molecule has 0 spiro atoms. The van der Waals surface area contributed by atoms with Gasteiger partial charge in [0.05, 0.1) is 12.1 Å². The smallest absolute Gasteiger partial charge is 0.252 e. The number of hydrogen-bond acceptors (Lipinski definition) is 3. The second kappa shape index (κ2) is 5.97. The second-order valence-electron chi connectivity index (χ2n) is 5.38. The largest absolute Gasteiger partial charge is 0.399 e. The van der Waals surface area contributed by atoms with Crippen LogP contribution in [0.2, 0.25) is 0 Å². The quantitative estimate of drug-likeness (QED) is 0.754. The molecule has 0 heterocycles. The van der Waals surface area contributed by atoms with Crippen LogP contribution in [0, 0.1) is 6.92 Å². The van der Waals surface area contributed by atoms with Crippen LogP contribution in [0.1, 0.15) is 28.4 Å². The average molecular weight is 284 g/mol. The molecule has 0 saturated carbocycles. The summed E-state index contributed by atoms with van der Waals surface area (Å²) in [4.78, 5) is 12.5. The van der Waals surface area contributed by atoms with Crippen molar-refractivity contribution in [3.05, 3.63) is 65.2 Å². The standard InChI is InChI=1S/C17H20N2O2/c1-12-8-9-14(18)10-15(12)16(21)19-17(2,11-20)13-6-4-3-5-7-13/h3-10,20H,11,18H2,1-2H3,(H,19,21). The van der Waals surface area contributed by atoms with Crippen LogP contribution >= 0.6 is 0 Å². The number of aliphatic hydroxyl groups excluding tert-OH is 1. The van der Waals surface area contributed by atoms with Crippen LogP contribution in [0.4, 0.5) is 5.69 Å². The summed E-state index contributed by atoms with van der Waals surface area (Å²) in [6, 6.07) is 14.6. The molecule has 0 aromatic heterocycles. The Hall–Kier alpha value is -2.33. The summed E-state index contributed by atoms with van der Waals surface area (Å²) in [5.74, 6) is -0.250. The van der Waals surface area contributed by atoms with Crippen molar-refractivity contribution in [1.82, 2.24) is 5.32 Å². The molecule has 1 atom stereocenters. The van der Waals surface area contributed by atoms with Gasteiger partial charge in [0.2, 0.25) is 0 Å². The molecule has 0 saturated heterocycles. The topological polar surface area (TPSA) is 75.4 Å². The number of aryl methyl sites for hydroxylation is 1. The highest BCUT2D eigenvalue weighted by Crippen LogP contribution is 2.21. The first-order valence-electron chi connectivity index (χ1n) is 6.81. The Morgan fingerprint density at radius 3 is 2.52 bits per heavy atom. The first-order valence-corrected chi connectivity index (χ1v) is 6.81. The lowest BCUT2D eigenvalue weighted by Gasteiger charge is -2.29. The molecule has 110 valence electrons. The Kier molecular flexibility index (Phi) is 4.29. The molecule has 4 nitrogen and oxygen atoms in total. The summed E-state index contributed by atoms with van der Waals surface area (Å²) in [6.45, 7) is 3.46. The summed E-state index contributed by atoms with van der Waals surface area (Å²) in [6.07, 6.45) is 0. The number of carbonyl (C=O) groups excluding carboxylic acids is 1. The lowest BCUT2D eigenvalue weighted by molar-refractivity contribution is 0.0849. The number of amides is 1. The minimum absolute atomic E-state index is 0.190. The van der Waals surface area contributed by atoms with Crippen LogP contribution in [-0.4, -0.2) is 17.6 Å². The van der Waals surface area contributed by atoms with E-state index in [-0.39, 0.29) is 12.5 Å². The number of nitrogen functional groups attached to an aromatic ring is 1. The molecule has 0 fully saturated rings. The molecule has 2 aromatic carbocycles. The molecule has 0 aliphatic heterocycles. The number of nitrogens with two attached hydrogens (primary N) is 1. The first kappa shape index (κ1) is 15.1. The summed E-state index contributed by atoms with van der Waals surface area (Å²) in [5.41, 5.74) is 7.65. The van der Waals surface area contributed by atoms with E-state index in [0.29, 0.717) is 11.3 Å². The van der Waals surface area contributed by atoms with Crippen molar-refractivity contribution >= 4 is 11.6 Å². The third-order valence-electron chi connectivity index (χ3n) is 3.62. The van der Waals surface area contributed by atoms with Gasteiger partial charge in [0, 0.05) is 11.3 Å². The van der Waals surface area contributed by atoms with E-state index in [1.807, 2.05) is 43.3 Å². The number of benzene rings is 2. The van der Waals surface area contributed by atoms with Gasteiger partial charge in [-0.25, -0.2) is 0 Å². The summed E-state index contributed by atoms with van der Waals surface area (Å²) in [7, 11) is 0. The molecule has 21 heavy (non-hydrogen) atoms. The first-order chi connectivity index (χ1) is 9.96. The molecule has 0 bridgehead atoms. The Morgan fingerprint density at radius 2 is 1.90 bits per heavy atom. The van der Waals surface area contributed by atoms with Crippen molar-refractivity contribution in [2.75, 3.05) is 12.3 Å². The Bertz CT molecular complexity index is 640. The normalized spacial score (nSPS) is 13.5. The maximum Gasteiger partial charge on any atom is 0.252 e. The van der Waals surface area contributed by atoms with Crippen LogP contribution in [0.5, 0.6) is 0 Å². The highest BCUT2D eigenvalue weighted by Gasteiger charge is 2.28. The van der Waals surface area contributed by atoms with Crippen LogP contribution in [0.25, 0.3) is 0 Å². The molecule has 0 aliphatic carbocycles. The number of nitrogens with one attached hydrogen (secondary N) is 1. The van der Waals surface area contributed by atoms with Crippen LogP contribution in [0.3, 0.4) is 0 Å². The third-order valence-corrected chi connectivity index (χ3v) is 3.62. The number of hydrogen-bond donors (Lipinski definition) is 3. The molecule has 0 radical (unpaired) electrons. The van der Waals surface area contributed by atoms with Crippen molar-refractivity contribution < 1.29 is 9.90 Å². The van der Waals surface area contributed by atoms with E-state index in [1.165, 1.54) is 0 Å². The Morgan fingerprint density at radius 1 is 1.24 bits per heavy atom. The van der Waals surface area contributed by atoms with E-state index in [9.17, 15) is 9.90 Å². The van der Waals surface area contributed by atoms with E-state index in [4.69, 9.17) is 5.73 Å². The van der Waals surface area contributed by atoms with Gasteiger partial charge in [-0.2, -0.15) is 0 Å². The third kappa shape index (κ3) is 3.23. The minimum Gasteiger partial charge on any atom is -0.399 e. The fraction of sp³-hybridized carbons (Fsp3) is 0.235. The molecule has 1 unspecified atom stereocenters. The van der Waals surface area contributed by atoms with Gasteiger partial charge in [0.25, 0.3) is 5.91 Å². The van der Waals surface area contributed by atoms with Gasteiger partial charge < -0.3 is 16.2 Å². The van der Waals surface area contributed by atoms with Gasteiger partial charge in [-0.15, -0.1) is 0 Å². The van der Waals surface area contributed by atoms with E-state index >= 15 is 0 Å². The summed E-state index contributed by atoms with van der Waals surface area (Å²) >= 11 is 0. The molecular formula is C17H20N2O2. The summed E-state index contributed by atoms with van der Waals surface area (Å²) in [5, 5.41) is 12.6. The predicted octanol–water partition coefficient (Wildman–Crippen LogP) is 2.21. The number of aliphatic hydroxyl groups is 1. The van der Waals surface area contributed by atoms with Gasteiger partial charge >= 0.3 is 0 Å². The monoisotopic (exact) mass is 284 g/mol. The predicted molar refractivity (Wildman–Crippen MR) is 83.9 cm³/mol. The fourth-order valence-electron chi connectivity index (χ4n) is 2.21. The van der Waals surface area contributed by atoms with Crippen molar-refractivity contribution in [3.8, 4) is 0 Å². The highest BCUT2D eigenvalue weighted by atomic mass is 16.3. The van der Waals surface area contributed by atoms with E-state index < -0.39 is 5.54 Å². The molecule has 2 aromatic rings. The van der Waals surface area contributed by atoms with Crippen molar-refractivity contribution in [3.63, 3.8) is 0 Å². The fourth-order valence-corrected chi connectivity index (χ4v) is 2.21. The zero-order chi connectivity index (χ0) is 15.5. The minimum atomic E-state index is -0.838. The second-order valence-corrected chi connectivity index (χ2v) is 5.38. The SMILES string of the molecule is Cc1ccc(N)cc1C(=O)NC(C)(CO)c1ccccc1. The Labute approximate surface area is 124 Å². The number of carbonyl (C=O) groups is 1. The summed E-state index contributed by atoms with van der Waals surface area (Å²) < 4.78 is 0. The number of rotatable bonds is 4. The van der Waals surface area contributed by atoms with Crippen LogP contribution < -0.4 is 11.1 Å². The van der Waals surface area contributed by atoms with Crippen molar-refractivity contribution in [1.29, 1.82) is 0 Å². The maximum atomic E-state index is 12.5. The van der Waals surface area contributed by atoms with E-state index in [1.54, 1.807) is 19.1 Å². The molecular weight excluding hydrogens is 264 g/mol. The average Bonchev–Trinajstić information content (AvgIpc) is 2.50. The molecule has 4 N–H and O–H groups in total.